The number of rotatable bonds is 9. The molecule has 2 aliphatic heterocycles. The van der Waals surface area contributed by atoms with Gasteiger partial charge in [-0.2, -0.15) is 5.10 Å². The Kier molecular flexibility index (Phi) is 8.84. The van der Waals surface area contributed by atoms with E-state index in [0.29, 0.717) is 35.7 Å². The highest BCUT2D eigenvalue weighted by Crippen LogP contribution is 2.38. The number of sulfone groups is 1. The smallest absolute Gasteiger partial charge is 0.306 e. The molecule has 232 valence electrons. The minimum Gasteiger partial charge on any atom is -0.502 e. The zero-order valence-corrected chi connectivity index (χ0v) is 25.7. The summed E-state index contributed by atoms with van der Waals surface area (Å²) in [6.45, 7) is 6.92. The summed E-state index contributed by atoms with van der Waals surface area (Å²) >= 11 is 0. The third kappa shape index (κ3) is 6.57. The molecule has 2 fully saturated rings. The first-order valence-corrected chi connectivity index (χ1v) is 16.1. The molecule has 0 saturated carbocycles. The molecule has 0 spiro atoms. The molecular weight excluding hydrogens is 576 g/mol. The molecule has 2 saturated heterocycles. The van der Waals surface area contributed by atoms with Crippen LogP contribution >= 0.6 is 0 Å². The van der Waals surface area contributed by atoms with E-state index in [9.17, 15) is 23.1 Å². The van der Waals surface area contributed by atoms with Crippen molar-refractivity contribution in [3.05, 3.63) is 69.0 Å². The lowest BCUT2D eigenvalue weighted by Gasteiger charge is -2.36. The number of aromatic hydroxyl groups is 1. The molecule has 4 heterocycles. The zero-order valence-electron chi connectivity index (χ0n) is 24.9. The first-order chi connectivity index (χ1) is 20.5. The summed E-state index contributed by atoms with van der Waals surface area (Å²) in [6.07, 6.45) is 0.236. The van der Waals surface area contributed by atoms with Gasteiger partial charge in [0.25, 0.3) is 0 Å². The number of hydrogen-bond donors (Lipinski definition) is 1. The first kappa shape index (κ1) is 30.6. The summed E-state index contributed by atoms with van der Waals surface area (Å²) in [5.74, 6) is -0.779. The number of carbonyl (C=O) groups excluding carboxylic acids is 1. The second kappa shape index (κ2) is 12.4. The molecule has 43 heavy (non-hydrogen) atoms. The standard InChI is InChI=1S/C30H38N4O8S/c1-19-28(20(2)34(31-19)22-9-14-43(38,39)18-22)25(16-27(36)41-4)30-29(37)26(35)15-24(42-30)17-32-10-12-33(13-11-32)21-5-7-23(40-3)8-6-21/h5-8,15,22,25,37H,9-14,16-18H2,1-4H3/t22-,25+/m1/s1. The van der Waals surface area contributed by atoms with Crippen LogP contribution in [0.25, 0.3) is 0 Å². The molecule has 1 N–H and O–H groups in total. The van der Waals surface area contributed by atoms with E-state index in [1.807, 2.05) is 24.3 Å². The van der Waals surface area contributed by atoms with E-state index in [1.165, 1.54) is 13.2 Å². The normalized spacial score (nSPS) is 19.3. The number of esters is 1. The molecule has 12 nitrogen and oxygen atoms in total. The lowest BCUT2D eigenvalue weighted by Crippen LogP contribution is -2.46. The van der Waals surface area contributed by atoms with Crippen molar-refractivity contribution in [2.45, 2.75) is 45.2 Å². The molecule has 13 heteroatoms. The van der Waals surface area contributed by atoms with Crippen LogP contribution in [0.3, 0.4) is 0 Å². The average Bonchev–Trinajstić information content (AvgIpc) is 3.50. The van der Waals surface area contributed by atoms with Crippen LogP contribution in [-0.2, 0) is 25.9 Å². The number of piperazine rings is 1. The highest BCUT2D eigenvalue weighted by atomic mass is 32.2. The molecule has 0 radical (unpaired) electrons. The van der Waals surface area contributed by atoms with Crippen LogP contribution in [-0.4, -0.2) is 86.1 Å². The average molecular weight is 615 g/mol. The third-order valence-electron chi connectivity index (χ3n) is 8.39. The van der Waals surface area contributed by atoms with Crippen molar-refractivity contribution in [3.63, 3.8) is 0 Å². The van der Waals surface area contributed by atoms with Crippen molar-refractivity contribution in [3.8, 4) is 11.5 Å². The Bertz CT molecular complexity index is 1640. The van der Waals surface area contributed by atoms with Crippen molar-refractivity contribution >= 4 is 21.5 Å². The van der Waals surface area contributed by atoms with Crippen molar-refractivity contribution < 1.29 is 32.2 Å². The number of methoxy groups -OCH3 is 2. The maximum absolute atomic E-state index is 13.0. The van der Waals surface area contributed by atoms with Gasteiger partial charge in [0.2, 0.25) is 11.2 Å². The summed E-state index contributed by atoms with van der Waals surface area (Å²) in [6, 6.07) is 8.87. The fourth-order valence-corrected chi connectivity index (χ4v) is 7.82. The zero-order chi connectivity index (χ0) is 30.9. The van der Waals surface area contributed by atoms with Gasteiger partial charge >= 0.3 is 5.97 Å². The van der Waals surface area contributed by atoms with E-state index in [-0.39, 0.29) is 29.7 Å². The van der Waals surface area contributed by atoms with Gasteiger partial charge in [0, 0.05) is 49.2 Å². The minimum absolute atomic E-state index is 0.0163. The van der Waals surface area contributed by atoms with Crippen LogP contribution in [0.2, 0.25) is 0 Å². The van der Waals surface area contributed by atoms with Crippen molar-refractivity contribution in [2.24, 2.45) is 0 Å². The minimum atomic E-state index is -3.16. The topological polar surface area (TPSA) is 144 Å². The number of aryl methyl sites for hydroxylation is 1. The molecule has 5 rings (SSSR count). The molecule has 1 aromatic carbocycles. The molecule has 0 aliphatic carbocycles. The van der Waals surface area contributed by atoms with Gasteiger partial charge in [-0.3, -0.25) is 19.2 Å². The van der Waals surface area contributed by atoms with Crippen molar-refractivity contribution in [2.75, 3.05) is 56.8 Å². The van der Waals surface area contributed by atoms with Gasteiger partial charge in [0.15, 0.2) is 15.6 Å². The van der Waals surface area contributed by atoms with E-state index in [2.05, 4.69) is 14.9 Å². The number of aromatic nitrogens is 2. The van der Waals surface area contributed by atoms with E-state index in [4.69, 9.17) is 13.9 Å². The van der Waals surface area contributed by atoms with E-state index in [1.54, 1.807) is 25.6 Å². The predicted octanol–water partition coefficient (Wildman–Crippen LogP) is 2.54. The summed E-state index contributed by atoms with van der Waals surface area (Å²) in [5.41, 5.74) is 2.30. The number of nitrogens with zero attached hydrogens (tertiary/aromatic N) is 4. The van der Waals surface area contributed by atoms with Gasteiger partial charge in [-0.05, 0) is 44.5 Å². The largest absolute Gasteiger partial charge is 0.502 e. The molecule has 0 bridgehead atoms. The van der Waals surface area contributed by atoms with Crippen LogP contribution in [0, 0.1) is 13.8 Å². The van der Waals surface area contributed by atoms with Gasteiger partial charge in [0.1, 0.15) is 11.5 Å². The summed E-state index contributed by atoms with van der Waals surface area (Å²) in [5, 5.41) is 15.5. The molecule has 2 aliphatic rings. The number of carbonyl (C=O) groups is 1. The lowest BCUT2D eigenvalue weighted by atomic mass is 9.90. The summed E-state index contributed by atoms with van der Waals surface area (Å²) in [7, 11) is -0.256. The summed E-state index contributed by atoms with van der Waals surface area (Å²) < 4.78 is 42.4. The van der Waals surface area contributed by atoms with E-state index >= 15 is 0 Å². The molecule has 3 aromatic rings. The Morgan fingerprint density at radius 1 is 1.14 bits per heavy atom. The van der Waals surface area contributed by atoms with Crippen LogP contribution in [0.15, 0.2) is 39.5 Å². The van der Waals surface area contributed by atoms with Crippen molar-refractivity contribution in [1.29, 1.82) is 0 Å². The lowest BCUT2D eigenvalue weighted by molar-refractivity contribution is -0.140. The van der Waals surface area contributed by atoms with Gasteiger partial charge in [-0.25, -0.2) is 8.42 Å². The number of hydrogen-bond acceptors (Lipinski definition) is 11. The number of anilines is 1. The van der Waals surface area contributed by atoms with Crippen LogP contribution < -0.4 is 15.1 Å². The van der Waals surface area contributed by atoms with Crippen molar-refractivity contribution in [1.82, 2.24) is 14.7 Å². The molecule has 2 aromatic heterocycles. The maximum Gasteiger partial charge on any atom is 0.306 e. The van der Waals surface area contributed by atoms with Crippen LogP contribution in [0.4, 0.5) is 5.69 Å². The Hall–Kier alpha value is -3.84. The van der Waals surface area contributed by atoms with Gasteiger partial charge in [0.05, 0.1) is 56.3 Å². The highest BCUT2D eigenvalue weighted by molar-refractivity contribution is 7.91. The Morgan fingerprint density at radius 3 is 2.44 bits per heavy atom. The SMILES string of the molecule is COC(=O)C[C@H](c1oc(CN2CCN(c3ccc(OC)cc3)CC2)cc(=O)c1O)c1c(C)nn([C@@H]2CCS(=O)(=O)C2)c1C. The van der Waals surface area contributed by atoms with Gasteiger partial charge in [-0.1, -0.05) is 0 Å². The second-order valence-electron chi connectivity index (χ2n) is 11.2. The third-order valence-corrected chi connectivity index (χ3v) is 10.1. The van der Waals surface area contributed by atoms with Gasteiger partial charge < -0.3 is 23.9 Å². The van der Waals surface area contributed by atoms with Crippen LogP contribution in [0.5, 0.6) is 11.5 Å². The Morgan fingerprint density at radius 2 is 1.84 bits per heavy atom. The second-order valence-corrected chi connectivity index (χ2v) is 13.4. The quantitative estimate of drug-likeness (QED) is 0.355. The Labute approximate surface area is 250 Å². The van der Waals surface area contributed by atoms with Crippen LogP contribution in [0.1, 0.15) is 53.3 Å². The summed E-state index contributed by atoms with van der Waals surface area (Å²) in [4.78, 5) is 30.0. The number of benzene rings is 1. The molecule has 0 amide bonds. The number of ether oxygens (including phenoxy) is 2. The predicted molar refractivity (Wildman–Crippen MR) is 160 cm³/mol. The van der Waals surface area contributed by atoms with Gasteiger partial charge in [-0.15, -0.1) is 0 Å². The molecule has 0 unspecified atom stereocenters. The van der Waals surface area contributed by atoms with E-state index < -0.39 is 32.9 Å². The fraction of sp³-hybridized carbons (Fsp3) is 0.500. The highest BCUT2D eigenvalue weighted by Gasteiger charge is 2.35. The Balaban J connectivity index is 1.41. The maximum atomic E-state index is 13.0. The molecule has 2 atom stereocenters. The monoisotopic (exact) mass is 614 g/mol. The first-order valence-electron chi connectivity index (χ1n) is 14.3. The fourth-order valence-electron chi connectivity index (χ4n) is 6.13. The molecular formula is C30H38N4O8S. The van der Waals surface area contributed by atoms with E-state index in [0.717, 1.165) is 37.6 Å².